The van der Waals surface area contributed by atoms with Gasteiger partial charge in [0.15, 0.2) is 0 Å². The number of benzene rings is 1. The van der Waals surface area contributed by atoms with Crippen molar-refractivity contribution in [2.75, 3.05) is 19.7 Å². The summed E-state index contributed by atoms with van der Waals surface area (Å²) in [5.74, 6) is -0.907. The highest BCUT2D eigenvalue weighted by atomic mass is 16.6. The molecule has 0 N–H and O–H groups in total. The van der Waals surface area contributed by atoms with E-state index in [1.165, 1.54) is 6.07 Å². The molecule has 124 valence electrons. The van der Waals surface area contributed by atoms with Crippen LogP contribution in [0.4, 0.5) is 5.69 Å². The van der Waals surface area contributed by atoms with Gasteiger partial charge in [-0.1, -0.05) is 6.07 Å². The van der Waals surface area contributed by atoms with Crippen LogP contribution in [0.2, 0.25) is 0 Å². The van der Waals surface area contributed by atoms with Crippen molar-refractivity contribution in [2.45, 2.75) is 26.7 Å². The Morgan fingerprint density at radius 2 is 2.17 bits per heavy atom. The van der Waals surface area contributed by atoms with Crippen molar-refractivity contribution >= 4 is 17.6 Å². The van der Waals surface area contributed by atoms with E-state index in [1.54, 1.807) is 30.9 Å². The zero-order valence-corrected chi connectivity index (χ0v) is 13.3. The molecule has 1 fully saturated rings. The molecule has 0 aromatic heterocycles. The maximum atomic E-state index is 12.6. The van der Waals surface area contributed by atoms with Crippen LogP contribution in [-0.4, -0.2) is 41.4 Å². The first-order valence-corrected chi connectivity index (χ1v) is 7.65. The van der Waals surface area contributed by atoms with E-state index in [4.69, 9.17) is 4.74 Å². The third-order valence-electron chi connectivity index (χ3n) is 3.98. The molecule has 0 unspecified atom stereocenters. The lowest BCUT2D eigenvalue weighted by molar-refractivity contribution is -0.385. The second kappa shape index (κ2) is 7.21. The number of hydrogen-bond acceptors (Lipinski definition) is 5. The summed E-state index contributed by atoms with van der Waals surface area (Å²) < 4.78 is 5.02. The van der Waals surface area contributed by atoms with Gasteiger partial charge in [-0.15, -0.1) is 0 Å². The molecule has 0 spiro atoms. The fourth-order valence-electron chi connectivity index (χ4n) is 2.74. The maximum Gasteiger partial charge on any atom is 0.310 e. The largest absolute Gasteiger partial charge is 0.466 e. The fraction of sp³-hybridized carbons (Fsp3) is 0.500. The lowest BCUT2D eigenvalue weighted by Gasteiger charge is -2.31. The second-order valence-corrected chi connectivity index (χ2v) is 5.60. The Bertz CT molecular complexity index is 629. The average Bonchev–Trinajstić information content (AvgIpc) is 2.54. The molecule has 1 aromatic rings. The number of piperidine rings is 1. The molecule has 1 heterocycles. The highest BCUT2D eigenvalue weighted by molar-refractivity contribution is 5.95. The summed E-state index contributed by atoms with van der Waals surface area (Å²) in [6.45, 7) is 4.52. The lowest BCUT2D eigenvalue weighted by atomic mass is 9.97. The third kappa shape index (κ3) is 3.85. The van der Waals surface area contributed by atoms with Crippen LogP contribution in [0.15, 0.2) is 18.2 Å². The molecule has 0 radical (unpaired) electrons. The van der Waals surface area contributed by atoms with Crippen molar-refractivity contribution < 1.29 is 19.2 Å². The van der Waals surface area contributed by atoms with Gasteiger partial charge in [0, 0.05) is 30.3 Å². The Labute approximate surface area is 134 Å². The zero-order chi connectivity index (χ0) is 17.0. The van der Waals surface area contributed by atoms with E-state index in [-0.39, 0.29) is 29.0 Å². The van der Waals surface area contributed by atoms with E-state index in [9.17, 15) is 19.7 Å². The minimum absolute atomic E-state index is 0.0743. The van der Waals surface area contributed by atoms with Crippen LogP contribution < -0.4 is 0 Å². The van der Waals surface area contributed by atoms with Crippen molar-refractivity contribution in [1.82, 2.24) is 4.90 Å². The van der Waals surface area contributed by atoms with Gasteiger partial charge in [-0.3, -0.25) is 19.7 Å². The normalized spacial score (nSPS) is 17.7. The molecule has 1 atom stereocenters. The van der Waals surface area contributed by atoms with Gasteiger partial charge in [0.25, 0.3) is 11.6 Å². The molecule has 1 saturated heterocycles. The van der Waals surface area contributed by atoms with Gasteiger partial charge in [0.2, 0.25) is 0 Å². The number of ether oxygens (including phenoxy) is 1. The van der Waals surface area contributed by atoms with Crippen molar-refractivity contribution in [2.24, 2.45) is 5.92 Å². The summed E-state index contributed by atoms with van der Waals surface area (Å²) in [5, 5.41) is 11.0. The average molecular weight is 320 g/mol. The van der Waals surface area contributed by atoms with E-state index in [0.29, 0.717) is 38.1 Å². The van der Waals surface area contributed by atoms with Crippen molar-refractivity contribution in [3.05, 3.63) is 39.4 Å². The molecule has 1 aromatic carbocycles. The van der Waals surface area contributed by atoms with Gasteiger partial charge in [0.05, 0.1) is 17.4 Å². The van der Waals surface area contributed by atoms with Gasteiger partial charge in [0.1, 0.15) is 0 Å². The minimum Gasteiger partial charge on any atom is -0.466 e. The van der Waals surface area contributed by atoms with Crippen LogP contribution in [0.25, 0.3) is 0 Å². The minimum atomic E-state index is -0.496. The molecule has 7 nitrogen and oxygen atoms in total. The molecule has 0 bridgehead atoms. The molecule has 1 aliphatic rings. The Kier molecular flexibility index (Phi) is 5.31. The van der Waals surface area contributed by atoms with Crippen molar-refractivity contribution in [3.8, 4) is 0 Å². The van der Waals surface area contributed by atoms with Gasteiger partial charge < -0.3 is 9.64 Å². The number of rotatable bonds is 4. The van der Waals surface area contributed by atoms with E-state index in [2.05, 4.69) is 0 Å². The number of carbonyl (C=O) groups excluding carboxylic acids is 2. The molecule has 0 aliphatic carbocycles. The molecular formula is C16H20N2O5. The topological polar surface area (TPSA) is 89.8 Å². The maximum absolute atomic E-state index is 12.6. The summed E-state index contributed by atoms with van der Waals surface area (Å²) in [7, 11) is 0. The molecule has 23 heavy (non-hydrogen) atoms. The summed E-state index contributed by atoms with van der Waals surface area (Å²) in [5.41, 5.74) is 0.705. The lowest BCUT2D eigenvalue weighted by Crippen LogP contribution is -2.42. The van der Waals surface area contributed by atoms with Gasteiger partial charge in [-0.25, -0.2) is 0 Å². The molecule has 0 saturated carbocycles. The van der Waals surface area contributed by atoms with Gasteiger partial charge in [-0.05, 0) is 32.8 Å². The highest BCUT2D eigenvalue weighted by Gasteiger charge is 2.30. The smallest absolute Gasteiger partial charge is 0.310 e. The summed E-state index contributed by atoms with van der Waals surface area (Å²) >= 11 is 0. The zero-order valence-electron chi connectivity index (χ0n) is 13.3. The van der Waals surface area contributed by atoms with E-state index in [1.807, 2.05) is 0 Å². The number of nitro groups is 1. The quantitative estimate of drug-likeness (QED) is 0.482. The highest BCUT2D eigenvalue weighted by Crippen LogP contribution is 2.23. The number of amides is 1. The fourth-order valence-corrected chi connectivity index (χ4v) is 2.74. The van der Waals surface area contributed by atoms with Crippen LogP contribution in [0.1, 0.15) is 35.7 Å². The number of hydrogen-bond donors (Lipinski definition) is 0. The first-order chi connectivity index (χ1) is 10.9. The number of nitrogens with zero attached hydrogens (tertiary/aromatic N) is 2. The van der Waals surface area contributed by atoms with Crippen LogP contribution in [-0.2, 0) is 9.53 Å². The van der Waals surface area contributed by atoms with Crippen LogP contribution in [0.5, 0.6) is 0 Å². The SMILES string of the molecule is CCOC(=O)[C@H]1CCCN(C(=O)c2ccc(C)c([N+](=O)[O-])c2)C1. The Hall–Kier alpha value is -2.44. The van der Waals surface area contributed by atoms with Crippen LogP contribution in [0.3, 0.4) is 0 Å². The molecule has 1 aliphatic heterocycles. The number of carbonyl (C=O) groups is 2. The predicted molar refractivity (Wildman–Crippen MR) is 83.1 cm³/mol. The first kappa shape index (κ1) is 16.9. The molecule has 2 rings (SSSR count). The predicted octanol–water partition coefficient (Wildman–Crippen LogP) is 2.32. The van der Waals surface area contributed by atoms with Crippen molar-refractivity contribution in [3.63, 3.8) is 0 Å². The van der Waals surface area contributed by atoms with E-state index < -0.39 is 4.92 Å². The molecule has 1 amide bonds. The Morgan fingerprint density at radius 3 is 2.83 bits per heavy atom. The van der Waals surface area contributed by atoms with Crippen LogP contribution >= 0.6 is 0 Å². The monoisotopic (exact) mass is 320 g/mol. The summed E-state index contributed by atoms with van der Waals surface area (Å²) in [6, 6.07) is 4.45. The standard InChI is InChI=1S/C16H20N2O5/c1-3-23-16(20)13-5-4-8-17(10-13)15(19)12-7-6-11(2)14(9-12)18(21)22/h6-7,9,13H,3-5,8,10H2,1-2H3/t13-/m0/s1. The number of aryl methyl sites for hydroxylation is 1. The number of likely N-dealkylation sites (tertiary alicyclic amines) is 1. The van der Waals surface area contributed by atoms with Gasteiger partial charge >= 0.3 is 5.97 Å². The van der Waals surface area contributed by atoms with Crippen LogP contribution in [0, 0.1) is 23.0 Å². The van der Waals surface area contributed by atoms with E-state index in [0.717, 1.165) is 0 Å². The number of esters is 1. The van der Waals surface area contributed by atoms with Crippen molar-refractivity contribution in [1.29, 1.82) is 0 Å². The molecule has 7 heteroatoms. The second-order valence-electron chi connectivity index (χ2n) is 5.60. The number of nitro benzene ring substituents is 1. The Morgan fingerprint density at radius 1 is 1.43 bits per heavy atom. The first-order valence-electron chi connectivity index (χ1n) is 7.65. The van der Waals surface area contributed by atoms with E-state index >= 15 is 0 Å². The molecular weight excluding hydrogens is 300 g/mol. The summed E-state index contributed by atoms with van der Waals surface area (Å²) in [6.07, 6.45) is 1.40. The van der Waals surface area contributed by atoms with Gasteiger partial charge in [-0.2, -0.15) is 0 Å². The third-order valence-corrected chi connectivity index (χ3v) is 3.98. The Balaban J connectivity index is 2.15. The summed E-state index contributed by atoms with van der Waals surface area (Å²) in [4.78, 5) is 36.5.